The van der Waals surface area contributed by atoms with Crippen LogP contribution < -0.4 is 4.74 Å². The number of aromatic hydroxyl groups is 2. The van der Waals surface area contributed by atoms with Gasteiger partial charge in [0.2, 0.25) is 0 Å². The van der Waals surface area contributed by atoms with Gasteiger partial charge in [-0.15, -0.1) is 0 Å². The first-order valence-electron chi connectivity index (χ1n) is 11.2. The maximum Gasteiger partial charge on any atom is 0.126 e. The van der Waals surface area contributed by atoms with E-state index in [1.165, 1.54) is 37.1 Å². The van der Waals surface area contributed by atoms with Crippen molar-refractivity contribution in [2.45, 2.75) is 31.1 Å². The van der Waals surface area contributed by atoms with E-state index in [0.29, 0.717) is 6.61 Å². The molecule has 0 saturated carbocycles. The number of hydrogen-bond donors (Lipinski definition) is 2. The molecule has 3 aromatic rings. The fourth-order valence-corrected chi connectivity index (χ4v) is 5.04. The van der Waals surface area contributed by atoms with Gasteiger partial charge in [-0.1, -0.05) is 42.5 Å². The molecule has 2 N–H and O–H groups in total. The Labute approximate surface area is 183 Å². The molecule has 2 heterocycles. The lowest BCUT2D eigenvalue weighted by molar-refractivity contribution is 0.247. The lowest BCUT2D eigenvalue weighted by Crippen LogP contribution is -2.25. The summed E-state index contributed by atoms with van der Waals surface area (Å²) in [6, 6.07) is 21.8. The van der Waals surface area contributed by atoms with Crippen molar-refractivity contribution in [2.24, 2.45) is 0 Å². The third kappa shape index (κ3) is 4.26. The van der Waals surface area contributed by atoms with Crippen LogP contribution in [-0.4, -0.2) is 41.4 Å². The van der Waals surface area contributed by atoms with Crippen molar-refractivity contribution in [3.8, 4) is 17.2 Å². The van der Waals surface area contributed by atoms with Crippen LogP contribution in [0.1, 0.15) is 46.9 Å². The molecular formula is C27H29NO3. The van der Waals surface area contributed by atoms with Gasteiger partial charge in [0.15, 0.2) is 0 Å². The molecule has 0 unspecified atom stereocenters. The molecule has 0 spiro atoms. The Hall–Kier alpha value is -2.98. The smallest absolute Gasteiger partial charge is 0.126 e. The summed E-state index contributed by atoms with van der Waals surface area (Å²) in [6.45, 7) is 4.09. The summed E-state index contributed by atoms with van der Waals surface area (Å²) >= 11 is 0. The first kappa shape index (κ1) is 20.0. The number of nitrogens with zero attached hydrogens (tertiary/aromatic N) is 1. The Balaban J connectivity index is 1.45. The van der Waals surface area contributed by atoms with Crippen molar-refractivity contribution in [1.82, 2.24) is 4.90 Å². The fraction of sp³-hybridized carbons (Fsp3) is 0.333. The number of likely N-dealkylation sites (tertiary alicyclic amines) is 1. The Morgan fingerprint density at radius 2 is 1.61 bits per heavy atom. The summed E-state index contributed by atoms with van der Waals surface area (Å²) in [4.78, 5) is 2.55. The molecule has 2 aliphatic rings. The zero-order valence-corrected chi connectivity index (χ0v) is 17.7. The quantitative estimate of drug-likeness (QED) is 0.613. The van der Waals surface area contributed by atoms with Gasteiger partial charge in [-0.05, 0) is 67.2 Å². The second-order valence-electron chi connectivity index (χ2n) is 8.75. The normalized spacial score (nSPS) is 20.9. The maximum absolute atomic E-state index is 10.0. The van der Waals surface area contributed by atoms with E-state index in [-0.39, 0.29) is 23.3 Å². The topological polar surface area (TPSA) is 52.9 Å². The Morgan fingerprint density at radius 1 is 0.839 bits per heavy atom. The molecule has 0 radical (unpaired) electrons. The van der Waals surface area contributed by atoms with Crippen molar-refractivity contribution in [1.29, 1.82) is 0 Å². The van der Waals surface area contributed by atoms with E-state index in [2.05, 4.69) is 35.2 Å². The van der Waals surface area contributed by atoms with Crippen molar-refractivity contribution in [2.75, 3.05) is 26.2 Å². The highest BCUT2D eigenvalue weighted by atomic mass is 16.5. The molecule has 160 valence electrons. The minimum Gasteiger partial charge on any atom is -0.508 e. The summed E-state index contributed by atoms with van der Waals surface area (Å²) < 4.78 is 6.04. The molecule has 0 bridgehead atoms. The second-order valence-corrected chi connectivity index (χ2v) is 8.75. The average molecular weight is 416 g/mol. The van der Waals surface area contributed by atoms with E-state index in [1.807, 2.05) is 18.2 Å². The molecule has 2 aliphatic heterocycles. The molecule has 1 fully saturated rings. The summed E-state index contributed by atoms with van der Waals surface area (Å²) in [5.74, 6) is 1.40. The second kappa shape index (κ2) is 8.64. The number of phenols is 2. The summed E-state index contributed by atoms with van der Waals surface area (Å²) in [5, 5.41) is 20.0. The largest absolute Gasteiger partial charge is 0.508 e. The zero-order chi connectivity index (χ0) is 21.2. The highest BCUT2D eigenvalue weighted by Gasteiger charge is 2.33. The number of fused-ring (bicyclic) bond motifs is 1. The fourth-order valence-electron chi connectivity index (χ4n) is 5.04. The van der Waals surface area contributed by atoms with E-state index in [0.717, 1.165) is 29.8 Å². The number of phenolic OH excluding ortho intramolecular Hbond substituents is 2. The van der Waals surface area contributed by atoms with E-state index in [4.69, 9.17) is 4.74 Å². The average Bonchev–Trinajstić information content (AvgIpc) is 3.31. The van der Waals surface area contributed by atoms with Crippen LogP contribution in [0.15, 0.2) is 66.7 Å². The highest BCUT2D eigenvalue weighted by Crippen LogP contribution is 2.47. The van der Waals surface area contributed by atoms with Crippen molar-refractivity contribution in [3.63, 3.8) is 0 Å². The van der Waals surface area contributed by atoms with Gasteiger partial charge in [0, 0.05) is 30.0 Å². The number of benzene rings is 3. The molecule has 4 heteroatoms. The van der Waals surface area contributed by atoms with Crippen LogP contribution in [0.25, 0.3) is 0 Å². The lowest BCUT2D eigenvalue weighted by atomic mass is 9.75. The molecule has 0 aliphatic carbocycles. The van der Waals surface area contributed by atoms with Gasteiger partial charge < -0.3 is 19.8 Å². The van der Waals surface area contributed by atoms with Crippen LogP contribution in [0.3, 0.4) is 0 Å². The molecule has 1 saturated heterocycles. The Morgan fingerprint density at radius 3 is 2.39 bits per heavy atom. The summed E-state index contributed by atoms with van der Waals surface area (Å²) in [5.41, 5.74) is 4.72. The van der Waals surface area contributed by atoms with Gasteiger partial charge in [-0.3, -0.25) is 0 Å². The number of hydrogen-bond acceptors (Lipinski definition) is 4. The maximum atomic E-state index is 10.0. The number of rotatable bonds is 5. The van der Waals surface area contributed by atoms with Gasteiger partial charge >= 0.3 is 0 Å². The molecular weight excluding hydrogens is 386 g/mol. The molecule has 3 aromatic carbocycles. The lowest BCUT2D eigenvalue weighted by Gasteiger charge is -2.34. The van der Waals surface area contributed by atoms with E-state index < -0.39 is 0 Å². The first-order chi connectivity index (χ1) is 15.2. The first-order valence-corrected chi connectivity index (χ1v) is 11.2. The summed E-state index contributed by atoms with van der Waals surface area (Å²) in [7, 11) is 0. The van der Waals surface area contributed by atoms with Crippen LogP contribution in [0.5, 0.6) is 17.2 Å². The van der Waals surface area contributed by atoms with Crippen molar-refractivity contribution < 1.29 is 14.9 Å². The van der Waals surface area contributed by atoms with Crippen LogP contribution in [-0.2, 0) is 6.42 Å². The van der Waals surface area contributed by atoms with Gasteiger partial charge in [0.1, 0.15) is 17.2 Å². The Bertz CT molecular complexity index is 1040. The molecule has 0 aromatic heterocycles. The van der Waals surface area contributed by atoms with Crippen molar-refractivity contribution >= 4 is 0 Å². The minimum atomic E-state index is 0.0830. The monoisotopic (exact) mass is 415 g/mol. The van der Waals surface area contributed by atoms with Crippen LogP contribution >= 0.6 is 0 Å². The van der Waals surface area contributed by atoms with Gasteiger partial charge in [0.05, 0.1) is 6.61 Å². The van der Waals surface area contributed by atoms with Gasteiger partial charge in [-0.25, -0.2) is 0 Å². The van der Waals surface area contributed by atoms with E-state index in [1.54, 1.807) is 18.2 Å². The van der Waals surface area contributed by atoms with Crippen LogP contribution in [0, 0.1) is 0 Å². The molecule has 5 rings (SSSR count). The Kier molecular flexibility index (Phi) is 5.56. The van der Waals surface area contributed by atoms with Crippen molar-refractivity contribution in [3.05, 3.63) is 89.0 Å². The predicted octanol–water partition coefficient (Wildman–Crippen LogP) is 5.04. The standard InChI is InChI=1S/C27H29NO3/c29-22-5-3-4-21(16-22)25-18-31-26-17-23(30)10-11-24(26)27(25)20-8-6-19(7-9-20)12-15-28-13-1-2-14-28/h3-11,16-17,25,27,29-30H,1-2,12-15,18H2/t25-,27-/m1/s1. The molecule has 31 heavy (non-hydrogen) atoms. The van der Waals surface area contributed by atoms with Gasteiger partial charge in [0.25, 0.3) is 0 Å². The highest BCUT2D eigenvalue weighted by molar-refractivity contribution is 5.51. The number of ether oxygens (including phenoxy) is 1. The van der Waals surface area contributed by atoms with Crippen LogP contribution in [0.4, 0.5) is 0 Å². The molecule has 0 amide bonds. The van der Waals surface area contributed by atoms with E-state index in [9.17, 15) is 10.2 Å². The third-order valence-corrected chi connectivity index (χ3v) is 6.71. The van der Waals surface area contributed by atoms with Gasteiger partial charge in [-0.2, -0.15) is 0 Å². The SMILES string of the molecule is Oc1cccc([C@H]2COc3cc(O)ccc3[C@H]2c2ccc(CCN3CCCC3)cc2)c1. The minimum absolute atomic E-state index is 0.0830. The predicted molar refractivity (Wildman–Crippen MR) is 122 cm³/mol. The third-order valence-electron chi connectivity index (χ3n) is 6.71. The zero-order valence-electron chi connectivity index (χ0n) is 17.7. The van der Waals surface area contributed by atoms with Crippen LogP contribution in [0.2, 0.25) is 0 Å². The summed E-state index contributed by atoms with van der Waals surface area (Å²) in [6.07, 6.45) is 3.73. The van der Waals surface area contributed by atoms with E-state index >= 15 is 0 Å². The molecule has 2 atom stereocenters. The molecule has 4 nitrogen and oxygen atoms in total.